The maximum absolute atomic E-state index is 2.40. The zero-order valence-electron chi connectivity index (χ0n) is 34.7. The van der Waals surface area contributed by atoms with Crippen LogP contribution < -0.4 is 4.90 Å². The van der Waals surface area contributed by atoms with Gasteiger partial charge in [0.15, 0.2) is 0 Å². The molecular formula is C60H40INS2. The van der Waals surface area contributed by atoms with Crippen molar-refractivity contribution < 1.29 is 0 Å². The monoisotopic (exact) mass is 965 g/mol. The summed E-state index contributed by atoms with van der Waals surface area (Å²) in [4.78, 5) is 5.00. The molecule has 0 saturated carbocycles. The van der Waals surface area contributed by atoms with Gasteiger partial charge in [0, 0.05) is 9.58 Å². The van der Waals surface area contributed by atoms with Crippen LogP contribution in [0.3, 0.4) is 0 Å². The van der Waals surface area contributed by atoms with Crippen LogP contribution in [0.25, 0.3) is 73.7 Å². The maximum atomic E-state index is 2.40. The van der Waals surface area contributed by atoms with Crippen molar-refractivity contribution in [3.63, 3.8) is 0 Å². The van der Waals surface area contributed by atoms with Crippen molar-refractivity contribution in [2.45, 2.75) is 0 Å². The van der Waals surface area contributed by atoms with Crippen molar-refractivity contribution in [3.8, 4) is 32.0 Å². The molecular weight excluding hydrogens is 926 g/mol. The molecule has 0 atom stereocenters. The van der Waals surface area contributed by atoms with Crippen molar-refractivity contribution in [2.75, 3.05) is 4.90 Å². The molecule has 0 unspecified atom stereocenters. The molecule has 64 heavy (non-hydrogen) atoms. The summed E-state index contributed by atoms with van der Waals surface area (Å²) in [5.74, 6) is 0. The Morgan fingerprint density at radius 3 is 1.27 bits per heavy atom. The van der Waals surface area contributed by atoms with Crippen LogP contribution in [0.4, 0.5) is 17.1 Å². The number of nitrogens with zero attached hydrogens (tertiary/aromatic N) is 1. The summed E-state index contributed by atoms with van der Waals surface area (Å²) in [5.41, 5.74) is 8.33. The molecule has 10 aromatic carbocycles. The second-order valence-electron chi connectivity index (χ2n) is 16.0. The third-order valence-electron chi connectivity index (χ3n) is 12.1. The molecule has 0 saturated heterocycles. The van der Waals surface area contributed by atoms with Crippen LogP contribution in [-0.4, -0.2) is 0 Å². The first-order chi connectivity index (χ1) is 31.7. The molecule has 12 aromatic rings. The van der Waals surface area contributed by atoms with E-state index in [2.05, 4.69) is 248 Å². The Labute approximate surface area is 388 Å². The number of hydrogen-bond donors (Lipinski definition) is 0. The average Bonchev–Trinajstić information content (AvgIpc) is 4.01. The molecule has 0 aliphatic rings. The Hall–Kier alpha value is -6.83. The van der Waals surface area contributed by atoms with Gasteiger partial charge in [-0.2, -0.15) is 0 Å². The Morgan fingerprint density at radius 2 is 0.719 bits per heavy atom. The number of thiophene rings is 2. The molecule has 0 aliphatic carbocycles. The van der Waals surface area contributed by atoms with Gasteiger partial charge in [0.05, 0.1) is 0 Å². The van der Waals surface area contributed by atoms with Gasteiger partial charge in [0.25, 0.3) is 0 Å². The van der Waals surface area contributed by atoms with Crippen molar-refractivity contribution in [3.05, 3.63) is 253 Å². The second kappa shape index (κ2) is 16.7. The third-order valence-corrected chi connectivity index (χ3v) is 20.4. The number of rotatable bonds is 9. The van der Waals surface area contributed by atoms with Crippen LogP contribution in [-0.2, 0) is 0 Å². The first-order valence-corrected chi connectivity index (χ1v) is 26.4. The SMILES string of the molecule is c1ccc2sc(-c3ccc(N(c4ccc(-c5ccc(I(c6ccc(-c7cc8ccccc8s7)cc6)c6cccc7ccccc67)cc5)cc4)c4cccc5ccccc45)cc3)cc2c1. The normalized spacial score (nSPS) is 11.7. The van der Waals surface area contributed by atoms with Gasteiger partial charge in [-0.15, -0.1) is 11.3 Å². The molecule has 0 bridgehead atoms. The fraction of sp³-hybridized carbons (Fsp3) is 0. The quantitative estimate of drug-likeness (QED) is 0.130. The van der Waals surface area contributed by atoms with Crippen LogP contribution in [0.5, 0.6) is 0 Å². The molecule has 4 heteroatoms. The molecule has 1 nitrogen and oxygen atoms in total. The van der Waals surface area contributed by atoms with Crippen molar-refractivity contribution >= 4 is 101 Å². The predicted molar refractivity (Wildman–Crippen MR) is 286 cm³/mol. The molecule has 0 spiro atoms. The minimum atomic E-state index is -2.11. The average molecular weight is 966 g/mol. The third kappa shape index (κ3) is 7.28. The van der Waals surface area contributed by atoms with E-state index in [1.54, 1.807) is 0 Å². The Balaban J connectivity index is 0.887. The number of fused-ring (bicyclic) bond motifs is 4. The number of halogens is 1. The Kier molecular flexibility index (Phi) is 10.1. The molecule has 0 radical (unpaired) electrons. The van der Waals surface area contributed by atoms with Crippen molar-refractivity contribution in [1.82, 2.24) is 0 Å². The summed E-state index contributed by atoms with van der Waals surface area (Å²) in [6.45, 7) is 0. The van der Waals surface area contributed by atoms with E-state index in [-0.39, 0.29) is 0 Å². The van der Waals surface area contributed by atoms with Crippen molar-refractivity contribution in [2.24, 2.45) is 0 Å². The van der Waals surface area contributed by atoms with Gasteiger partial charge in [0.1, 0.15) is 0 Å². The summed E-state index contributed by atoms with van der Waals surface area (Å²) in [6.07, 6.45) is 0. The summed E-state index contributed by atoms with van der Waals surface area (Å²) in [5, 5.41) is 7.69. The van der Waals surface area contributed by atoms with Crippen LogP contribution in [0, 0.1) is 10.7 Å². The minimum Gasteiger partial charge on any atom is -0.0535 e. The molecule has 304 valence electrons. The van der Waals surface area contributed by atoms with E-state index in [1.165, 1.54) is 84.4 Å². The van der Waals surface area contributed by atoms with E-state index in [0.29, 0.717) is 0 Å². The van der Waals surface area contributed by atoms with E-state index >= 15 is 0 Å². The number of hydrogen-bond acceptors (Lipinski definition) is 3. The van der Waals surface area contributed by atoms with Gasteiger partial charge >= 0.3 is 305 Å². The summed E-state index contributed by atoms with van der Waals surface area (Å²) >= 11 is 1.61. The number of anilines is 3. The molecule has 0 N–H and O–H groups in total. The standard InChI is InChI=1S/C60H40INS2/c1-5-17-53-43(11-1)15-9-19-55(53)61(50-33-25-45(26-34-50)59-39-47-13-3-7-21-57(47)63-59)49-31-23-41(24-32-49)42-27-35-51(36-28-42)62(56-20-10-16-44-12-2-6-18-54(44)56)52-37-29-46(30-38-52)60-40-48-14-4-8-22-58(48)64-60/h1-40H. The fourth-order valence-electron chi connectivity index (χ4n) is 8.88. The second-order valence-corrected chi connectivity index (χ2v) is 23.4. The zero-order valence-corrected chi connectivity index (χ0v) is 38.5. The van der Waals surface area contributed by atoms with Gasteiger partial charge in [-0.1, -0.05) is 42.5 Å². The van der Waals surface area contributed by atoms with Gasteiger partial charge in [0.2, 0.25) is 0 Å². The summed E-state index contributed by atoms with van der Waals surface area (Å²) < 4.78 is 6.98. The first kappa shape index (κ1) is 38.8. The van der Waals surface area contributed by atoms with Crippen LogP contribution in [0.1, 0.15) is 0 Å². The first-order valence-electron chi connectivity index (χ1n) is 21.5. The summed E-state index contributed by atoms with van der Waals surface area (Å²) in [7, 11) is 0. The Morgan fingerprint density at radius 1 is 0.312 bits per heavy atom. The minimum absolute atomic E-state index is 1.12. The van der Waals surface area contributed by atoms with Crippen LogP contribution in [0.2, 0.25) is 0 Å². The Bertz CT molecular complexity index is 3290. The fourth-order valence-corrected chi connectivity index (χ4v) is 16.9. The van der Waals surface area contributed by atoms with Gasteiger partial charge < -0.3 is 0 Å². The van der Waals surface area contributed by atoms with Crippen LogP contribution in [0.15, 0.2) is 243 Å². The van der Waals surface area contributed by atoms with Gasteiger partial charge in [-0.3, -0.25) is 0 Å². The molecule has 0 fully saturated rings. The van der Waals surface area contributed by atoms with Gasteiger partial charge in [-0.05, 0) is 23.1 Å². The van der Waals surface area contributed by atoms with E-state index in [0.717, 1.165) is 17.1 Å². The predicted octanol–water partition coefficient (Wildman–Crippen LogP) is 18.3. The number of benzene rings is 10. The molecule has 2 heterocycles. The van der Waals surface area contributed by atoms with E-state index in [1.807, 2.05) is 22.7 Å². The van der Waals surface area contributed by atoms with E-state index in [9.17, 15) is 0 Å². The van der Waals surface area contributed by atoms with E-state index < -0.39 is 19.8 Å². The summed E-state index contributed by atoms with van der Waals surface area (Å²) in [6, 6.07) is 90.1. The smallest absolute Gasteiger partial charge is 0.0535 e. The zero-order chi connectivity index (χ0) is 42.4. The molecule has 0 aliphatic heterocycles. The van der Waals surface area contributed by atoms with E-state index in [4.69, 9.17) is 0 Å². The topological polar surface area (TPSA) is 3.24 Å². The molecule has 0 amide bonds. The van der Waals surface area contributed by atoms with Crippen molar-refractivity contribution in [1.29, 1.82) is 0 Å². The van der Waals surface area contributed by atoms with Gasteiger partial charge in [-0.25, -0.2) is 0 Å². The van der Waals surface area contributed by atoms with Crippen LogP contribution >= 0.6 is 42.5 Å². The molecule has 12 rings (SSSR count). The molecule has 2 aromatic heterocycles.